The normalized spacial score (nSPS) is 13.1. The third kappa shape index (κ3) is 4.17. The number of hydrogen-bond acceptors (Lipinski definition) is 4. The quantitative estimate of drug-likeness (QED) is 0.781. The molecular weight excluding hydrogens is 196 g/mol. The number of thiazole rings is 1. The Morgan fingerprint density at radius 2 is 2.43 bits per heavy atom. The molecule has 1 aromatic rings. The second-order valence-electron chi connectivity index (χ2n) is 3.41. The second-order valence-corrected chi connectivity index (χ2v) is 4.73. The van der Waals surface area contributed by atoms with Gasteiger partial charge in [0, 0.05) is 30.8 Å². The highest BCUT2D eigenvalue weighted by molar-refractivity contribution is 7.11. The van der Waals surface area contributed by atoms with E-state index in [2.05, 4.69) is 17.2 Å². The van der Waals surface area contributed by atoms with E-state index in [0.29, 0.717) is 6.04 Å². The molecule has 1 atom stereocenters. The molecule has 0 spiro atoms. The maximum atomic E-state index is 5.04. The van der Waals surface area contributed by atoms with Crippen LogP contribution in [0.15, 0.2) is 6.20 Å². The Morgan fingerprint density at radius 3 is 3.00 bits per heavy atom. The highest BCUT2D eigenvalue weighted by atomic mass is 32.1. The molecule has 3 nitrogen and oxygen atoms in total. The van der Waals surface area contributed by atoms with Gasteiger partial charge in [0.15, 0.2) is 0 Å². The first-order valence-corrected chi connectivity index (χ1v) is 5.67. The summed E-state index contributed by atoms with van der Waals surface area (Å²) in [5, 5.41) is 4.54. The standard InChI is InChI=1S/C10H18N2OS/c1-8(7-13-3)11-5-4-10-6-12-9(2)14-10/h6,8,11H,4-5,7H2,1-3H3. The van der Waals surface area contributed by atoms with Crippen molar-refractivity contribution in [3.05, 3.63) is 16.1 Å². The molecule has 14 heavy (non-hydrogen) atoms. The first-order valence-electron chi connectivity index (χ1n) is 4.86. The SMILES string of the molecule is COCC(C)NCCc1cnc(C)s1. The average Bonchev–Trinajstić information content (AvgIpc) is 2.52. The molecule has 0 aromatic carbocycles. The van der Waals surface area contributed by atoms with Crippen LogP contribution in [-0.4, -0.2) is 31.3 Å². The summed E-state index contributed by atoms with van der Waals surface area (Å²) in [5.41, 5.74) is 0. The Labute approximate surface area is 89.5 Å². The predicted octanol–water partition coefficient (Wildman–Crippen LogP) is 1.62. The van der Waals surface area contributed by atoms with E-state index < -0.39 is 0 Å². The van der Waals surface area contributed by atoms with Crippen molar-refractivity contribution >= 4 is 11.3 Å². The molecule has 0 aliphatic heterocycles. The topological polar surface area (TPSA) is 34.1 Å². The van der Waals surface area contributed by atoms with E-state index in [9.17, 15) is 0 Å². The monoisotopic (exact) mass is 214 g/mol. The highest BCUT2D eigenvalue weighted by Crippen LogP contribution is 2.11. The van der Waals surface area contributed by atoms with E-state index >= 15 is 0 Å². The summed E-state index contributed by atoms with van der Waals surface area (Å²) in [7, 11) is 1.73. The number of ether oxygens (including phenoxy) is 1. The number of methoxy groups -OCH3 is 1. The summed E-state index contributed by atoms with van der Waals surface area (Å²) in [6.07, 6.45) is 3.02. The summed E-state index contributed by atoms with van der Waals surface area (Å²) in [4.78, 5) is 5.56. The number of nitrogens with one attached hydrogen (secondary N) is 1. The number of aryl methyl sites for hydroxylation is 1. The number of aromatic nitrogens is 1. The molecule has 1 N–H and O–H groups in total. The second kappa shape index (κ2) is 6.11. The Kier molecular flexibility index (Phi) is 5.07. The van der Waals surface area contributed by atoms with Gasteiger partial charge in [0.05, 0.1) is 11.6 Å². The third-order valence-corrected chi connectivity index (χ3v) is 2.92. The van der Waals surface area contributed by atoms with Gasteiger partial charge in [0.2, 0.25) is 0 Å². The summed E-state index contributed by atoms with van der Waals surface area (Å²) >= 11 is 1.77. The lowest BCUT2D eigenvalue weighted by molar-refractivity contribution is 0.172. The van der Waals surface area contributed by atoms with Gasteiger partial charge in [-0.2, -0.15) is 0 Å². The predicted molar refractivity (Wildman–Crippen MR) is 59.9 cm³/mol. The molecule has 1 rings (SSSR count). The zero-order valence-corrected chi connectivity index (χ0v) is 9.86. The van der Waals surface area contributed by atoms with Gasteiger partial charge >= 0.3 is 0 Å². The van der Waals surface area contributed by atoms with Gasteiger partial charge in [0.1, 0.15) is 0 Å². The number of nitrogens with zero attached hydrogens (tertiary/aromatic N) is 1. The first kappa shape index (κ1) is 11.6. The summed E-state index contributed by atoms with van der Waals surface area (Å²) in [6.45, 7) is 5.92. The van der Waals surface area contributed by atoms with Crippen LogP contribution in [-0.2, 0) is 11.2 Å². The Morgan fingerprint density at radius 1 is 1.64 bits per heavy atom. The zero-order chi connectivity index (χ0) is 10.4. The lowest BCUT2D eigenvalue weighted by atomic mass is 10.3. The van der Waals surface area contributed by atoms with E-state index in [1.165, 1.54) is 4.88 Å². The maximum Gasteiger partial charge on any atom is 0.0896 e. The van der Waals surface area contributed by atoms with Crippen molar-refractivity contribution in [1.29, 1.82) is 0 Å². The molecule has 0 aliphatic rings. The van der Waals surface area contributed by atoms with Crippen molar-refractivity contribution in [3.63, 3.8) is 0 Å². The molecular formula is C10H18N2OS. The molecule has 0 aliphatic carbocycles. The fourth-order valence-electron chi connectivity index (χ4n) is 1.27. The molecule has 1 aromatic heterocycles. The van der Waals surface area contributed by atoms with E-state index in [4.69, 9.17) is 4.74 Å². The third-order valence-electron chi connectivity index (χ3n) is 1.95. The number of hydrogen-bond donors (Lipinski definition) is 1. The van der Waals surface area contributed by atoms with Gasteiger partial charge in [-0.05, 0) is 20.3 Å². The summed E-state index contributed by atoms with van der Waals surface area (Å²) < 4.78 is 5.04. The van der Waals surface area contributed by atoms with Crippen molar-refractivity contribution in [1.82, 2.24) is 10.3 Å². The van der Waals surface area contributed by atoms with Crippen molar-refractivity contribution in [2.24, 2.45) is 0 Å². The molecule has 0 saturated heterocycles. The molecule has 0 saturated carbocycles. The van der Waals surface area contributed by atoms with Gasteiger partial charge < -0.3 is 10.1 Å². The molecule has 80 valence electrons. The molecule has 4 heteroatoms. The Bertz CT molecular complexity index is 262. The molecule has 0 fully saturated rings. The minimum atomic E-state index is 0.425. The van der Waals surface area contributed by atoms with Crippen LogP contribution in [0.5, 0.6) is 0 Å². The fraction of sp³-hybridized carbons (Fsp3) is 0.700. The average molecular weight is 214 g/mol. The van der Waals surface area contributed by atoms with Crippen molar-refractivity contribution in [2.75, 3.05) is 20.3 Å². The molecule has 0 amide bonds. The summed E-state index contributed by atoms with van der Waals surface area (Å²) in [5.74, 6) is 0. The van der Waals surface area contributed by atoms with Crippen LogP contribution < -0.4 is 5.32 Å². The van der Waals surface area contributed by atoms with E-state index in [1.54, 1.807) is 18.4 Å². The molecule has 1 heterocycles. The highest BCUT2D eigenvalue weighted by Gasteiger charge is 2.01. The van der Waals surface area contributed by atoms with E-state index in [0.717, 1.165) is 24.6 Å². The Hall–Kier alpha value is -0.450. The van der Waals surface area contributed by atoms with Gasteiger partial charge in [-0.15, -0.1) is 11.3 Å². The van der Waals surface area contributed by atoms with Crippen LogP contribution in [0, 0.1) is 6.92 Å². The van der Waals surface area contributed by atoms with E-state index in [1.807, 2.05) is 13.1 Å². The maximum absolute atomic E-state index is 5.04. The lowest BCUT2D eigenvalue weighted by Gasteiger charge is -2.11. The number of rotatable bonds is 6. The van der Waals surface area contributed by atoms with Gasteiger partial charge in [-0.3, -0.25) is 0 Å². The van der Waals surface area contributed by atoms with Gasteiger partial charge in [-0.25, -0.2) is 4.98 Å². The van der Waals surface area contributed by atoms with Gasteiger partial charge in [-0.1, -0.05) is 0 Å². The first-order chi connectivity index (χ1) is 6.72. The van der Waals surface area contributed by atoms with Crippen molar-refractivity contribution in [3.8, 4) is 0 Å². The Balaban J connectivity index is 2.15. The van der Waals surface area contributed by atoms with E-state index in [-0.39, 0.29) is 0 Å². The van der Waals surface area contributed by atoms with Crippen LogP contribution >= 0.6 is 11.3 Å². The molecule has 1 unspecified atom stereocenters. The van der Waals surface area contributed by atoms with Crippen LogP contribution in [0.3, 0.4) is 0 Å². The van der Waals surface area contributed by atoms with Gasteiger partial charge in [0.25, 0.3) is 0 Å². The lowest BCUT2D eigenvalue weighted by Crippen LogP contribution is -2.31. The zero-order valence-electron chi connectivity index (χ0n) is 9.04. The van der Waals surface area contributed by atoms with Crippen molar-refractivity contribution < 1.29 is 4.74 Å². The van der Waals surface area contributed by atoms with Crippen LogP contribution in [0.25, 0.3) is 0 Å². The van der Waals surface area contributed by atoms with Crippen LogP contribution in [0.4, 0.5) is 0 Å². The minimum Gasteiger partial charge on any atom is -0.383 e. The smallest absolute Gasteiger partial charge is 0.0896 e. The minimum absolute atomic E-state index is 0.425. The molecule has 0 bridgehead atoms. The largest absolute Gasteiger partial charge is 0.383 e. The fourth-order valence-corrected chi connectivity index (χ4v) is 2.07. The van der Waals surface area contributed by atoms with Crippen molar-refractivity contribution in [2.45, 2.75) is 26.3 Å². The summed E-state index contributed by atoms with van der Waals surface area (Å²) in [6, 6.07) is 0.425. The van der Waals surface area contributed by atoms with Crippen LogP contribution in [0.1, 0.15) is 16.8 Å². The van der Waals surface area contributed by atoms with Crippen LogP contribution in [0.2, 0.25) is 0 Å². The molecule has 0 radical (unpaired) electrons.